The molecule has 3 heteroatoms. The molecule has 1 saturated carbocycles. The number of esters is 1. The van der Waals surface area contributed by atoms with Gasteiger partial charge in [-0.2, -0.15) is 0 Å². The summed E-state index contributed by atoms with van der Waals surface area (Å²) in [7, 11) is 1.48. The maximum Gasteiger partial charge on any atom is 0.326 e. The standard InChI is InChI=1S/C13H25NO2/c1-5-14-13(12(15)16-4)8-6-11(7-9-13)10(2)3/h10-11,14H,5-9H2,1-4H3. The third-order valence-corrected chi connectivity index (χ3v) is 3.92. The molecular formula is C13H25NO2. The van der Waals surface area contributed by atoms with E-state index in [0.29, 0.717) is 0 Å². The van der Waals surface area contributed by atoms with Crippen molar-refractivity contribution >= 4 is 5.97 Å². The summed E-state index contributed by atoms with van der Waals surface area (Å²) in [4.78, 5) is 11.9. The summed E-state index contributed by atoms with van der Waals surface area (Å²) in [5.74, 6) is 1.39. The second kappa shape index (κ2) is 5.67. The number of hydrogen-bond acceptors (Lipinski definition) is 3. The van der Waals surface area contributed by atoms with Crippen LogP contribution in [0.3, 0.4) is 0 Å². The maximum absolute atomic E-state index is 11.9. The summed E-state index contributed by atoms with van der Waals surface area (Å²) in [6.45, 7) is 7.40. The number of ether oxygens (including phenoxy) is 1. The minimum absolute atomic E-state index is 0.0865. The average Bonchev–Trinajstić information content (AvgIpc) is 2.29. The first-order valence-corrected chi connectivity index (χ1v) is 6.39. The van der Waals surface area contributed by atoms with Gasteiger partial charge in [-0.25, -0.2) is 0 Å². The van der Waals surface area contributed by atoms with Gasteiger partial charge in [0.15, 0.2) is 0 Å². The molecule has 1 aliphatic rings. The van der Waals surface area contributed by atoms with Crippen molar-refractivity contribution in [3.63, 3.8) is 0 Å². The van der Waals surface area contributed by atoms with E-state index in [0.717, 1.165) is 44.1 Å². The van der Waals surface area contributed by atoms with Crippen molar-refractivity contribution in [2.45, 2.75) is 52.0 Å². The van der Waals surface area contributed by atoms with E-state index >= 15 is 0 Å². The minimum atomic E-state index is -0.408. The molecule has 0 amide bonds. The molecule has 0 saturated heterocycles. The number of nitrogens with one attached hydrogen (secondary N) is 1. The first kappa shape index (κ1) is 13.5. The molecule has 1 rings (SSSR count). The summed E-state index contributed by atoms with van der Waals surface area (Å²) in [6.07, 6.45) is 4.08. The van der Waals surface area contributed by atoms with Crippen LogP contribution in [0.4, 0.5) is 0 Å². The zero-order valence-electron chi connectivity index (χ0n) is 11.0. The van der Waals surface area contributed by atoms with Gasteiger partial charge < -0.3 is 10.1 Å². The van der Waals surface area contributed by atoms with Crippen LogP contribution in [0.5, 0.6) is 0 Å². The molecule has 0 unspecified atom stereocenters. The lowest BCUT2D eigenvalue weighted by atomic mass is 9.73. The third-order valence-electron chi connectivity index (χ3n) is 3.92. The van der Waals surface area contributed by atoms with Crippen LogP contribution in [-0.2, 0) is 9.53 Å². The lowest BCUT2D eigenvalue weighted by Gasteiger charge is -2.39. The van der Waals surface area contributed by atoms with Gasteiger partial charge in [0, 0.05) is 0 Å². The van der Waals surface area contributed by atoms with Gasteiger partial charge in [0.1, 0.15) is 5.54 Å². The van der Waals surface area contributed by atoms with E-state index in [1.807, 2.05) is 6.92 Å². The second-order valence-electron chi connectivity index (χ2n) is 5.19. The Morgan fingerprint density at radius 3 is 2.38 bits per heavy atom. The molecule has 0 aromatic rings. The molecule has 0 heterocycles. The van der Waals surface area contributed by atoms with Crippen LogP contribution in [0.25, 0.3) is 0 Å². The molecule has 0 aromatic carbocycles. The highest BCUT2D eigenvalue weighted by molar-refractivity contribution is 5.80. The summed E-state index contributed by atoms with van der Waals surface area (Å²) in [5, 5.41) is 3.33. The third kappa shape index (κ3) is 2.76. The second-order valence-corrected chi connectivity index (χ2v) is 5.19. The average molecular weight is 227 g/mol. The maximum atomic E-state index is 11.9. The lowest BCUT2D eigenvalue weighted by Crippen LogP contribution is -2.55. The van der Waals surface area contributed by atoms with Crippen LogP contribution < -0.4 is 5.32 Å². The van der Waals surface area contributed by atoms with Gasteiger partial charge in [-0.05, 0) is 44.1 Å². The van der Waals surface area contributed by atoms with E-state index in [-0.39, 0.29) is 5.97 Å². The Bertz CT molecular complexity index is 230. The SMILES string of the molecule is CCNC1(C(=O)OC)CCC(C(C)C)CC1. The molecule has 1 aliphatic carbocycles. The number of hydrogen-bond donors (Lipinski definition) is 1. The van der Waals surface area contributed by atoms with E-state index in [1.165, 1.54) is 7.11 Å². The number of carbonyl (C=O) groups excluding carboxylic acids is 1. The van der Waals surface area contributed by atoms with Crippen LogP contribution in [0.2, 0.25) is 0 Å². The van der Waals surface area contributed by atoms with Gasteiger partial charge >= 0.3 is 5.97 Å². The fourth-order valence-corrected chi connectivity index (χ4v) is 2.79. The molecule has 0 bridgehead atoms. The topological polar surface area (TPSA) is 38.3 Å². The predicted octanol–water partition coefficient (Wildman–Crippen LogP) is 2.35. The van der Waals surface area contributed by atoms with E-state index in [4.69, 9.17) is 4.74 Å². The van der Waals surface area contributed by atoms with Crippen molar-refractivity contribution in [3.05, 3.63) is 0 Å². The van der Waals surface area contributed by atoms with Crippen molar-refractivity contribution in [1.29, 1.82) is 0 Å². The summed E-state index contributed by atoms with van der Waals surface area (Å²) in [6, 6.07) is 0. The molecular weight excluding hydrogens is 202 g/mol. The van der Waals surface area contributed by atoms with Crippen molar-refractivity contribution in [2.24, 2.45) is 11.8 Å². The van der Waals surface area contributed by atoms with E-state index in [2.05, 4.69) is 19.2 Å². The molecule has 0 atom stereocenters. The zero-order valence-corrected chi connectivity index (χ0v) is 11.0. The van der Waals surface area contributed by atoms with Gasteiger partial charge in [0.25, 0.3) is 0 Å². The Labute approximate surface area is 98.9 Å². The summed E-state index contributed by atoms with van der Waals surface area (Å²) >= 11 is 0. The zero-order chi connectivity index (χ0) is 12.2. The minimum Gasteiger partial charge on any atom is -0.468 e. The van der Waals surface area contributed by atoms with Gasteiger partial charge in [-0.15, -0.1) is 0 Å². The fraction of sp³-hybridized carbons (Fsp3) is 0.923. The largest absolute Gasteiger partial charge is 0.468 e. The van der Waals surface area contributed by atoms with Gasteiger partial charge in [0.05, 0.1) is 7.11 Å². The highest BCUT2D eigenvalue weighted by Gasteiger charge is 2.42. The van der Waals surface area contributed by atoms with Gasteiger partial charge in [0.2, 0.25) is 0 Å². The summed E-state index contributed by atoms with van der Waals surface area (Å²) < 4.78 is 4.94. The molecule has 94 valence electrons. The van der Waals surface area contributed by atoms with Crippen LogP contribution >= 0.6 is 0 Å². The lowest BCUT2D eigenvalue weighted by molar-refractivity contribution is -0.150. The van der Waals surface area contributed by atoms with Crippen LogP contribution in [-0.4, -0.2) is 25.2 Å². The molecule has 0 aliphatic heterocycles. The number of methoxy groups -OCH3 is 1. The van der Waals surface area contributed by atoms with Crippen molar-refractivity contribution < 1.29 is 9.53 Å². The molecule has 0 spiro atoms. The monoisotopic (exact) mass is 227 g/mol. The normalized spacial score (nSPS) is 30.4. The summed E-state index contributed by atoms with van der Waals surface area (Å²) in [5.41, 5.74) is -0.408. The smallest absolute Gasteiger partial charge is 0.326 e. The number of carbonyl (C=O) groups is 1. The molecule has 16 heavy (non-hydrogen) atoms. The highest BCUT2D eigenvalue weighted by Crippen LogP contribution is 2.36. The van der Waals surface area contributed by atoms with Crippen molar-refractivity contribution in [2.75, 3.05) is 13.7 Å². The van der Waals surface area contributed by atoms with Crippen molar-refractivity contribution in [3.8, 4) is 0 Å². The van der Waals surface area contributed by atoms with Crippen LogP contribution in [0, 0.1) is 11.8 Å². The van der Waals surface area contributed by atoms with Gasteiger partial charge in [-0.1, -0.05) is 20.8 Å². The molecule has 1 N–H and O–H groups in total. The Kier molecular flexibility index (Phi) is 4.78. The first-order chi connectivity index (χ1) is 7.55. The predicted molar refractivity (Wildman–Crippen MR) is 65.2 cm³/mol. The van der Waals surface area contributed by atoms with Crippen LogP contribution in [0.1, 0.15) is 46.5 Å². The first-order valence-electron chi connectivity index (χ1n) is 6.39. The molecule has 0 radical (unpaired) electrons. The molecule has 0 aromatic heterocycles. The number of rotatable bonds is 4. The quantitative estimate of drug-likeness (QED) is 0.749. The number of likely N-dealkylation sites (N-methyl/N-ethyl adjacent to an activating group) is 1. The Hall–Kier alpha value is -0.570. The molecule has 1 fully saturated rings. The van der Waals surface area contributed by atoms with E-state index < -0.39 is 5.54 Å². The molecule has 3 nitrogen and oxygen atoms in total. The van der Waals surface area contributed by atoms with Crippen LogP contribution in [0.15, 0.2) is 0 Å². The van der Waals surface area contributed by atoms with E-state index in [1.54, 1.807) is 0 Å². The van der Waals surface area contributed by atoms with E-state index in [9.17, 15) is 4.79 Å². The Morgan fingerprint density at radius 2 is 2.00 bits per heavy atom. The fourth-order valence-electron chi connectivity index (χ4n) is 2.79. The van der Waals surface area contributed by atoms with Crippen molar-refractivity contribution in [1.82, 2.24) is 5.32 Å². The highest BCUT2D eigenvalue weighted by atomic mass is 16.5. The van der Waals surface area contributed by atoms with Gasteiger partial charge in [-0.3, -0.25) is 4.79 Å². The Balaban J connectivity index is 2.66. The Morgan fingerprint density at radius 1 is 1.44 bits per heavy atom.